The molecule has 180 valence electrons. The second-order valence-corrected chi connectivity index (χ2v) is 16.7. The van der Waals surface area contributed by atoms with E-state index in [1.54, 1.807) is 11.1 Å². The van der Waals surface area contributed by atoms with E-state index in [0.29, 0.717) is 10.8 Å². The largest absolute Gasteiger partial charge is 1.00 e. The monoisotopic (exact) mass is 562 g/mol. The summed E-state index contributed by atoms with van der Waals surface area (Å²) in [5, 5.41) is 0. The first-order valence-corrected chi connectivity index (χ1v) is 15.8. The third-order valence-electron chi connectivity index (χ3n) is 11.3. The van der Waals surface area contributed by atoms with Crippen molar-refractivity contribution in [2.45, 2.75) is 91.9 Å². The van der Waals surface area contributed by atoms with Crippen molar-refractivity contribution in [3.05, 3.63) is 42.0 Å². The molecule has 0 spiro atoms. The van der Waals surface area contributed by atoms with E-state index in [1.807, 2.05) is 6.56 Å². The van der Waals surface area contributed by atoms with E-state index in [1.165, 1.54) is 64.2 Å². The summed E-state index contributed by atoms with van der Waals surface area (Å²) in [4.78, 5) is 0. The van der Waals surface area contributed by atoms with Gasteiger partial charge in [0.15, 0.2) is 0 Å². The SMILES string of the molecule is CC1(C)[C@H]2CCC(CC3=[C]([Zr+2][C]4=C(CC5CC[C@H]6C[C@@H]5C6(C)C)C=CC4)CC=C3)[C@@H]1C2.[Cl-].[Cl-]. The molecule has 0 nitrogen and oxygen atoms in total. The molecule has 33 heavy (non-hydrogen) atoms. The zero-order valence-electron chi connectivity index (χ0n) is 21.1. The Bertz CT molecular complexity index is 813. The van der Waals surface area contributed by atoms with Gasteiger partial charge < -0.3 is 24.8 Å². The summed E-state index contributed by atoms with van der Waals surface area (Å²) in [7, 11) is 0. The molecule has 4 bridgehead atoms. The van der Waals surface area contributed by atoms with Crippen LogP contribution in [0.5, 0.6) is 0 Å². The van der Waals surface area contributed by atoms with Gasteiger partial charge in [0.1, 0.15) is 0 Å². The van der Waals surface area contributed by atoms with Gasteiger partial charge in [0.25, 0.3) is 0 Å². The first kappa shape index (κ1) is 26.5. The van der Waals surface area contributed by atoms with Gasteiger partial charge in [0.2, 0.25) is 0 Å². The third kappa shape index (κ3) is 4.42. The van der Waals surface area contributed by atoms with Gasteiger partial charge in [-0.25, -0.2) is 0 Å². The van der Waals surface area contributed by atoms with E-state index >= 15 is 0 Å². The van der Waals surface area contributed by atoms with Gasteiger partial charge in [-0.05, 0) is 0 Å². The zero-order chi connectivity index (χ0) is 21.4. The molecule has 0 aliphatic heterocycles. The smallest absolute Gasteiger partial charge is 1.00 e. The number of halogens is 2. The minimum absolute atomic E-state index is 0. The Balaban J connectivity index is 0.00000130. The van der Waals surface area contributed by atoms with Gasteiger partial charge >= 0.3 is 203 Å². The van der Waals surface area contributed by atoms with Crippen molar-refractivity contribution in [3.8, 4) is 0 Å². The molecule has 3 heteroatoms. The van der Waals surface area contributed by atoms with Gasteiger partial charge in [0, 0.05) is 0 Å². The summed E-state index contributed by atoms with van der Waals surface area (Å²) in [5.74, 6) is 6.01. The number of hydrogen-bond donors (Lipinski definition) is 0. The summed E-state index contributed by atoms with van der Waals surface area (Å²) in [6.07, 6.45) is 24.6. The van der Waals surface area contributed by atoms with E-state index in [9.17, 15) is 0 Å². The van der Waals surface area contributed by atoms with Crippen molar-refractivity contribution in [1.29, 1.82) is 0 Å². The van der Waals surface area contributed by atoms with Crippen LogP contribution in [-0.2, 0) is 23.2 Å². The molecule has 0 N–H and O–H groups in total. The molecule has 0 aromatic heterocycles. The maximum atomic E-state index is 2.56. The Hall–Kier alpha value is 0.423. The van der Waals surface area contributed by atoms with E-state index in [4.69, 9.17) is 0 Å². The molecule has 0 saturated heterocycles. The average molecular weight is 565 g/mol. The molecule has 6 fully saturated rings. The number of fused-ring (bicyclic) bond motifs is 4. The molecule has 8 rings (SSSR count). The average Bonchev–Trinajstić information content (AvgIpc) is 3.38. The van der Waals surface area contributed by atoms with E-state index < -0.39 is 23.2 Å². The molecule has 6 saturated carbocycles. The van der Waals surface area contributed by atoms with Gasteiger partial charge in [-0.3, -0.25) is 0 Å². The predicted octanol–water partition coefficient (Wildman–Crippen LogP) is 2.43. The summed E-state index contributed by atoms with van der Waals surface area (Å²) in [6, 6.07) is 0. The second-order valence-electron chi connectivity index (χ2n) is 13.1. The zero-order valence-corrected chi connectivity index (χ0v) is 25.1. The minimum Gasteiger partial charge on any atom is -1.00 e. The normalized spacial score (nSPS) is 38.8. The summed E-state index contributed by atoms with van der Waals surface area (Å²) >= 11 is -0.593. The van der Waals surface area contributed by atoms with Crippen molar-refractivity contribution >= 4 is 0 Å². The minimum atomic E-state index is -0.593. The van der Waals surface area contributed by atoms with Crippen molar-refractivity contribution < 1.29 is 48.0 Å². The third-order valence-corrected chi connectivity index (χ3v) is 15.4. The Morgan fingerprint density at radius 3 is 1.48 bits per heavy atom. The fraction of sp³-hybridized carbons (Fsp3) is 0.733. The second kappa shape index (κ2) is 9.71. The first-order valence-electron chi connectivity index (χ1n) is 13.4. The number of hydrogen-bond acceptors (Lipinski definition) is 0. The van der Waals surface area contributed by atoms with Gasteiger partial charge in [-0.1, -0.05) is 0 Å². The van der Waals surface area contributed by atoms with Crippen LogP contribution in [0.2, 0.25) is 0 Å². The fourth-order valence-corrected chi connectivity index (χ4v) is 12.6. The molecule has 8 aliphatic carbocycles. The van der Waals surface area contributed by atoms with Crippen LogP contribution in [0.25, 0.3) is 0 Å². The molecule has 0 amide bonds. The van der Waals surface area contributed by atoms with E-state index in [0.717, 1.165) is 35.5 Å². The summed E-state index contributed by atoms with van der Waals surface area (Å²) in [5.41, 5.74) is 4.87. The molecule has 0 aromatic carbocycles. The van der Waals surface area contributed by atoms with Crippen molar-refractivity contribution in [2.75, 3.05) is 0 Å². The van der Waals surface area contributed by atoms with Crippen LogP contribution in [0.1, 0.15) is 91.9 Å². The Labute approximate surface area is 227 Å². The molecule has 0 aromatic rings. The van der Waals surface area contributed by atoms with Crippen molar-refractivity contribution in [1.82, 2.24) is 0 Å². The molecule has 8 aliphatic rings. The van der Waals surface area contributed by atoms with Crippen LogP contribution in [0.4, 0.5) is 0 Å². The topological polar surface area (TPSA) is 0 Å². The van der Waals surface area contributed by atoms with Crippen molar-refractivity contribution in [2.24, 2.45) is 46.3 Å². The van der Waals surface area contributed by atoms with Crippen LogP contribution in [0, 0.1) is 46.3 Å². The van der Waals surface area contributed by atoms with Crippen LogP contribution >= 0.6 is 0 Å². The maximum Gasteiger partial charge on any atom is -1.00 e. The van der Waals surface area contributed by atoms with Crippen LogP contribution in [0.15, 0.2) is 42.0 Å². The quantitative estimate of drug-likeness (QED) is 0.465. The molecular weight excluding hydrogens is 522 g/mol. The molecular formula is C30H42Cl2Zr. The number of rotatable bonds is 6. The fourth-order valence-electron chi connectivity index (χ4n) is 8.91. The summed E-state index contributed by atoms with van der Waals surface area (Å²) < 4.78 is 3.87. The van der Waals surface area contributed by atoms with Crippen LogP contribution in [-0.4, -0.2) is 0 Å². The van der Waals surface area contributed by atoms with Crippen molar-refractivity contribution in [3.63, 3.8) is 0 Å². The standard InChI is InChI=1S/2C15H21.2ClH.Zr/c2*1-15(2)13-8-7-12(14(15)10-13)9-11-5-3-4-6-11;;;/h2*3,5,12-14H,4,7-10H2,1-2H3;2*1H;/q;;;;+2/p-2/t2*12?,13-,14-;;;/m00.../s1. The molecule has 6 atom stereocenters. The van der Waals surface area contributed by atoms with Crippen LogP contribution < -0.4 is 24.8 Å². The molecule has 0 radical (unpaired) electrons. The Kier molecular flexibility index (Phi) is 7.79. The molecule has 0 heterocycles. The van der Waals surface area contributed by atoms with Crippen LogP contribution in [0.3, 0.4) is 0 Å². The summed E-state index contributed by atoms with van der Waals surface area (Å²) in [6.45, 7) is 10.2. The molecule has 2 unspecified atom stereocenters. The van der Waals surface area contributed by atoms with E-state index in [-0.39, 0.29) is 24.8 Å². The first-order chi connectivity index (χ1) is 14.8. The van der Waals surface area contributed by atoms with Gasteiger partial charge in [0.05, 0.1) is 0 Å². The predicted molar refractivity (Wildman–Crippen MR) is 127 cm³/mol. The Morgan fingerprint density at radius 2 is 1.12 bits per heavy atom. The van der Waals surface area contributed by atoms with Gasteiger partial charge in [-0.15, -0.1) is 0 Å². The number of allylic oxidation sites excluding steroid dienone is 8. The van der Waals surface area contributed by atoms with Gasteiger partial charge in [-0.2, -0.15) is 0 Å². The Morgan fingerprint density at radius 1 is 0.697 bits per heavy atom. The van der Waals surface area contributed by atoms with E-state index in [2.05, 4.69) is 52.0 Å². The maximum absolute atomic E-state index is 2.56.